The summed E-state index contributed by atoms with van der Waals surface area (Å²) >= 11 is 0. The number of benzene rings is 1. The first-order valence-electron chi connectivity index (χ1n) is 10.4. The Labute approximate surface area is 153 Å². The summed E-state index contributed by atoms with van der Waals surface area (Å²) < 4.78 is 0. The van der Waals surface area contributed by atoms with Gasteiger partial charge in [-0.3, -0.25) is 4.90 Å². The van der Waals surface area contributed by atoms with Crippen LogP contribution in [0.5, 0.6) is 0 Å². The van der Waals surface area contributed by atoms with Crippen LogP contribution in [0, 0.1) is 11.8 Å². The molecule has 0 aromatic heterocycles. The molecule has 3 fully saturated rings. The topological polar surface area (TPSA) is 26.7 Å². The summed E-state index contributed by atoms with van der Waals surface area (Å²) in [6.07, 6.45) is 6.67. The van der Waals surface area contributed by atoms with Crippen molar-refractivity contribution in [1.82, 2.24) is 9.80 Å². The van der Waals surface area contributed by atoms with Gasteiger partial charge in [0.25, 0.3) is 0 Å². The Bertz CT molecular complexity index is 552. The van der Waals surface area contributed by atoms with Crippen molar-refractivity contribution in [2.45, 2.75) is 51.0 Å². The van der Waals surface area contributed by atoms with Crippen molar-refractivity contribution in [3.63, 3.8) is 0 Å². The molecule has 1 aliphatic carbocycles. The van der Waals surface area contributed by atoms with Crippen molar-refractivity contribution in [2.75, 3.05) is 39.3 Å². The first-order valence-corrected chi connectivity index (χ1v) is 10.4. The monoisotopic (exact) mass is 342 g/mol. The largest absolute Gasteiger partial charge is 0.395 e. The van der Waals surface area contributed by atoms with Crippen LogP contribution in [0.1, 0.15) is 49.7 Å². The van der Waals surface area contributed by atoms with E-state index in [1.807, 2.05) is 0 Å². The smallest absolute Gasteiger partial charge is 0.0584 e. The quantitative estimate of drug-likeness (QED) is 0.860. The van der Waals surface area contributed by atoms with Gasteiger partial charge in [0, 0.05) is 25.7 Å². The Morgan fingerprint density at radius 1 is 1.08 bits per heavy atom. The lowest BCUT2D eigenvalue weighted by atomic mass is 9.86. The summed E-state index contributed by atoms with van der Waals surface area (Å²) in [6.45, 7) is 8.63. The third-order valence-electron chi connectivity index (χ3n) is 7.10. The molecule has 1 saturated carbocycles. The standard InChI is InChI=1S/C22H34N2O/c1-17(16-25)24-14-20-8-9-21(22(20)15-24)19-6-4-18(5-7-19)10-13-23-11-2-3-12-23/h4-7,17,20-22,25H,2-3,8-16H2,1H3/t17?,20-,21+,22+/m1/s1. The summed E-state index contributed by atoms with van der Waals surface area (Å²) in [5, 5.41) is 9.46. The van der Waals surface area contributed by atoms with Gasteiger partial charge in [-0.25, -0.2) is 0 Å². The van der Waals surface area contributed by atoms with Gasteiger partial charge in [-0.15, -0.1) is 0 Å². The number of aliphatic hydroxyl groups excluding tert-OH is 1. The van der Waals surface area contributed by atoms with Gasteiger partial charge in [-0.2, -0.15) is 0 Å². The maximum Gasteiger partial charge on any atom is 0.0584 e. The fraction of sp³-hybridized carbons (Fsp3) is 0.727. The van der Waals surface area contributed by atoms with Gasteiger partial charge in [0.2, 0.25) is 0 Å². The Kier molecular flexibility index (Phi) is 5.44. The zero-order chi connectivity index (χ0) is 17.2. The molecule has 25 heavy (non-hydrogen) atoms. The first-order chi connectivity index (χ1) is 12.2. The van der Waals surface area contributed by atoms with Crippen molar-refractivity contribution in [3.05, 3.63) is 35.4 Å². The highest BCUT2D eigenvalue weighted by Gasteiger charge is 2.43. The SMILES string of the molecule is CC(CO)N1C[C@H]2CC[C@@H](c3ccc(CCN4CCCC4)cc3)[C@H]2C1. The maximum atomic E-state index is 9.46. The van der Waals surface area contributed by atoms with Crippen LogP contribution < -0.4 is 0 Å². The molecule has 2 saturated heterocycles. The lowest BCUT2D eigenvalue weighted by Crippen LogP contribution is -2.34. The van der Waals surface area contributed by atoms with Crippen molar-refractivity contribution in [2.24, 2.45) is 11.8 Å². The number of likely N-dealkylation sites (tertiary alicyclic amines) is 2. The molecule has 1 N–H and O–H groups in total. The number of aliphatic hydroxyl groups is 1. The second-order valence-corrected chi connectivity index (χ2v) is 8.63. The van der Waals surface area contributed by atoms with Gasteiger partial charge in [0.15, 0.2) is 0 Å². The second kappa shape index (κ2) is 7.77. The third-order valence-corrected chi connectivity index (χ3v) is 7.10. The average Bonchev–Trinajstić information content (AvgIpc) is 3.36. The summed E-state index contributed by atoms with van der Waals surface area (Å²) in [4.78, 5) is 5.11. The van der Waals surface area contributed by atoms with E-state index in [0.717, 1.165) is 17.8 Å². The van der Waals surface area contributed by atoms with Crippen LogP contribution in [-0.2, 0) is 6.42 Å². The van der Waals surface area contributed by atoms with E-state index in [2.05, 4.69) is 41.0 Å². The predicted molar refractivity (Wildman–Crippen MR) is 103 cm³/mol. The van der Waals surface area contributed by atoms with E-state index in [4.69, 9.17) is 0 Å². The summed E-state index contributed by atoms with van der Waals surface area (Å²) in [6, 6.07) is 9.89. The highest BCUT2D eigenvalue weighted by atomic mass is 16.3. The normalized spacial score (nSPS) is 31.5. The Balaban J connectivity index is 1.35. The lowest BCUT2D eigenvalue weighted by Gasteiger charge is -2.25. The molecular formula is C22H34N2O. The van der Waals surface area contributed by atoms with Crippen molar-refractivity contribution in [3.8, 4) is 0 Å². The van der Waals surface area contributed by atoms with E-state index in [9.17, 15) is 5.11 Å². The van der Waals surface area contributed by atoms with Crippen molar-refractivity contribution >= 4 is 0 Å². The van der Waals surface area contributed by atoms with Crippen LogP contribution >= 0.6 is 0 Å². The van der Waals surface area contributed by atoms with Crippen LogP contribution in [0.2, 0.25) is 0 Å². The molecule has 3 heteroatoms. The number of rotatable bonds is 6. The van der Waals surface area contributed by atoms with Crippen LogP contribution in [0.4, 0.5) is 0 Å². The number of fused-ring (bicyclic) bond motifs is 1. The molecule has 3 aliphatic rings. The van der Waals surface area contributed by atoms with Gasteiger partial charge in [0.1, 0.15) is 0 Å². The van der Waals surface area contributed by atoms with Gasteiger partial charge in [0.05, 0.1) is 6.61 Å². The summed E-state index contributed by atoms with van der Waals surface area (Å²) in [5.41, 5.74) is 3.04. The highest BCUT2D eigenvalue weighted by Crippen LogP contribution is 2.47. The maximum absolute atomic E-state index is 9.46. The van der Waals surface area contributed by atoms with E-state index in [1.54, 1.807) is 5.56 Å². The van der Waals surface area contributed by atoms with E-state index in [-0.39, 0.29) is 6.61 Å². The molecule has 1 unspecified atom stereocenters. The van der Waals surface area contributed by atoms with E-state index in [1.165, 1.54) is 70.4 Å². The lowest BCUT2D eigenvalue weighted by molar-refractivity contribution is 0.149. The minimum Gasteiger partial charge on any atom is -0.395 e. The predicted octanol–water partition coefficient (Wildman–Crippen LogP) is 3.13. The van der Waals surface area contributed by atoms with Gasteiger partial charge in [-0.05, 0) is 81.0 Å². The highest BCUT2D eigenvalue weighted by molar-refractivity contribution is 5.28. The van der Waals surface area contributed by atoms with Crippen LogP contribution in [0.25, 0.3) is 0 Å². The zero-order valence-corrected chi connectivity index (χ0v) is 15.7. The van der Waals surface area contributed by atoms with Gasteiger partial charge >= 0.3 is 0 Å². The van der Waals surface area contributed by atoms with Crippen LogP contribution in [-0.4, -0.2) is 60.3 Å². The number of hydrogen-bond acceptors (Lipinski definition) is 3. The molecule has 3 nitrogen and oxygen atoms in total. The van der Waals surface area contributed by atoms with Crippen molar-refractivity contribution < 1.29 is 5.11 Å². The van der Waals surface area contributed by atoms with E-state index < -0.39 is 0 Å². The molecule has 4 rings (SSSR count). The molecule has 1 aromatic rings. The Morgan fingerprint density at radius 2 is 1.84 bits per heavy atom. The average molecular weight is 343 g/mol. The van der Waals surface area contributed by atoms with Gasteiger partial charge in [-0.1, -0.05) is 24.3 Å². The molecular weight excluding hydrogens is 308 g/mol. The van der Waals surface area contributed by atoms with Crippen molar-refractivity contribution in [1.29, 1.82) is 0 Å². The van der Waals surface area contributed by atoms with E-state index >= 15 is 0 Å². The molecule has 0 amide bonds. The Hall–Kier alpha value is -0.900. The third kappa shape index (κ3) is 3.79. The molecule has 2 aliphatic heterocycles. The van der Waals surface area contributed by atoms with E-state index in [0.29, 0.717) is 6.04 Å². The molecule has 0 bridgehead atoms. The first kappa shape index (κ1) is 17.5. The molecule has 0 spiro atoms. The van der Waals surface area contributed by atoms with Gasteiger partial charge < -0.3 is 10.0 Å². The minimum atomic E-state index is 0.288. The fourth-order valence-electron chi connectivity index (χ4n) is 5.41. The molecule has 1 aromatic carbocycles. The minimum absolute atomic E-state index is 0.288. The number of nitrogens with zero attached hydrogens (tertiary/aromatic N) is 2. The zero-order valence-electron chi connectivity index (χ0n) is 15.7. The number of hydrogen-bond donors (Lipinski definition) is 1. The molecule has 138 valence electrons. The fourth-order valence-corrected chi connectivity index (χ4v) is 5.41. The summed E-state index contributed by atoms with van der Waals surface area (Å²) in [5.74, 6) is 2.37. The van der Waals surface area contributed by atoms with Crippen LogP contribution in [0.3, 0.4) is 0 Å². The second-order valence-electron chi connectivity index (χ2n) is 8.63. The van der Waals surface area contributed by atoms with Crippen LogP contribution in [0.15, 0.2) is 24.3 Å². The summed E-state index contributed by atoms with van der Waals surface area (Å²) in [7, 11) is 0. The molecule has 2 heterocycles. The molecule has 0 radical (unpaired) electrons. The molecule has 4 atom stereocenters. The Morgan fingerprint density at radius 3 is 2.56 bits per heavy atom.